The lowest BCUT2D eigenvalue weighted by molar-refractivity contribution is -0.132. The summed E-state index contributed by atoms with van der Waals surface area (Å²) in [4.78, 5) is 20.7. The van der Waals surface area contributed by atoms with E-state index < -0.39 is 0 Å². The normalized spacial score (nSPS) is 14.6. The van der Waals surface area contributed by atoms with Crippen LogP contribution in [0.1, 0.15) is 6.42 Å². The van der Waals surface area contributed by atoms with Gasteiger partial charge >= 0.3 is 0 Å². The summed E-state index contributed by atoms with van der Waals surface area (Å²) in [7, 11) is 0. The highest BCUT2D eigenvalue weighted by molar-refractivity contribution is 5.76. The number of anilines is 1. The molecule has 1 saturated heterocycles. The van der Waals surface area contributed by atoms with Gasteiger partial charge in [-0.1, -0.05) is 24.3 Å². The molecule has 0 spiro atoms. The Morgan fingerprint density at radius 1 is 1.00 bits per heavy atom. The summed E-state index contributed by atoms with van der Waals surface area (Å²) in [6.07, 6.45) is 2.21. The van der Waals surface area contributed by atoms with Crippen LogP contribution in [0.25, 0.3) is 0 Å². The van der Waals surface area contributed by atoms with Crippen molar-refractivity contribution >= 4 is 11.7 Å². The highest BCUT2D eigenvalue weighted by Crippen LogP contribution is 2.13. The van der Waals surface area contributed by atoms with Crippen LogP contribution in [0.5, 0.6) is 5.75 Å². The minimum Gasteiger partial charge on any atom is -0.493 e. The number of benzene rings is 1. The summed E-state index contributed by atoms with van der Waals surface area (Å²) in [5.41, 5.74) is 0. The Hall–Kier alpha value is -2.56. The van der Waals surface area contributed by atoms with Gasteiger partial charge in [0, 0.05) is 32.4 Å². The van der Waals surface area contributed by atoms with Gasteiger partial charge in [0.2, 0.25) is 5.91 Å². The van der Waals surface area contributed by atoms with E-state index >= 15 is 0 Å². The van der Waals surface area contributed by atoms with Crippen molar-refractivity contribution in [2.45, 2.75) is 6.42 Å². The van der Waals surface area contributed by atoms with Crippen LogP contribution in [-0.4, -0.2) is 48.6 Å². The molecule has 0 saturated carbocycles. The van der Waals surface area contributed by atoms with E-state index in [1.165, 1.54) is 0 Å². The fraction of sp³-hybridized carbons (Fsp3) is 0.333. The molecule has 1 aliphatic rings. The van der Waals surface area contributed by atoms with Crippen molar-refractivity contribution in [3.05, 3.63) is 54.7 Å². The van der Waals surface area contributed by atoms with Crippen LogP contribution in [0, 0.1) is 0 Å². The summed E-state index contributed by atoms with van der Waals surface area (Å²) in [6, 6.07) is 15.5. The second-order valence-electron chi connectivity index (χ2n) is 5.47. The van der Waals surface area contributed by atoms with E-state index in [0.29, 0.717) is 13.0 Å². The van der Waals surface area contributed by atoms with Crippen LogP contribution in [0.2, 0.25) is 0 Å². The predicted octanol–water partition coefficient (Wildman–Crippen LogP) is 2.20. The van der Waals surface area contributed by atoms with Crippen molar-refractivity contribution < 1.29 is 9.53 Å². The number of para-hydroxylation sites is 1. The molecule has 1 aromatic heterocycles. The fourth-order valence-electron chi connectivity index (χ4n) is 2.66. The molecule has 1 amide bonds. The zero-order valence-corrected chi connectivity index (χ0v) is 13.1. The maximum atomic E-state index is 12.2. The Bertz CT molecular complexity index is 611. The topological polar surface area (TPSA) is 45.7 Å². The molecule has 1 aliphatic heterocycles. The lowest BCUT2D eigenvalue weighted by Crippen LogP contribution is -2.49. The van der Waals surface area contributed by atoms with E-state index in [4.69, 9.17) is 4.74 Å². The van der Waals surface area contributed by atoms with Gasteiger partial charge < -0.3 is 14.5 Å². The van der Waals surface area contributed by atoms with E-state index in [2.05, 4.69) is 9.88 Å². The number of piperazine rings is 1. The number of pyridine rings is 1. The first-order valence-corrected chi connectivity index (χ1v) is 7.94. The van der Waals surface area contributed by atoms with Crippen molar-refractivity contribution in [1.29, 1.82) is 0 Å². The first kappa shape index (κ1) is 15.3. The third-order valence-electron chi connectivity index (χ3n) is 3.93. The molecule has 5 nitrogen and oxygen atoms in total. The van der Waals surface area contributed by atoms with Gasteiger partial charge in [0.25, 0.3) is 0 Å². The first-order chi connectivity index (χ1) is 11.3. The fourth-order valence-corrected chi connectivity index (χ4v) is 2.66. The zero-order chi connectivity index (χ0) is 15.9. The van der Waals surface area contributed by atoms with E-state index in [1.54, 1.807) is 6.20 Å². The second kappa shape index (κ2) is 7.63. The molecular formula is C18H21N3O2. The van der Waals surface area contributed by atoms with Crippen molar-refractivity contribution in [2.75, 3.05) is 37.7 Å². The molecule has 0 bridgehead atoms. The number of nitrogens with zero attached hydrogens (tertiary/aromatic N) is 3. The smallest absolute Gasteiger partial charge is 0.226 e. The summed E-state index contributed by atoms with van der Waals surface area (Å²) >= 11 is 0. The summed E-state index contributed by atoms with van der Waals surface area (Å²) in [6.45, 7) is 3.54. The minimum atomic E-state index is 0.154. The van der Waals surface area contributed by atoms with Crippen LogP contribution < -0.4 is 9.64 Å². The molecular weight excluding hydrogens is 290 g/mol. The number of rotatable bonds is 5. The minimum absolute atomic E-state index is 0.154. The molecule has 1 aromatic carbocycles. The van der Waals surface area contributed by atoms with Crippen LogP contribution >= 0.6 is 0 Å². The largest absolute Gasteiger partial charge is 0.493 e. The van der Waals surface area contributed by atoms with E-state index in [-0.39, 0.29) is 5.91 Å². The van der Waals surface area contributed by atoms with Gasteiger partial charge in [0.15, 0.2) is 0 Å². The van der Waals surface area contributed by atoms with Crippen molar-refractivity contribution in [2.24, 2.45) is 0 Å². The molecule has 3 rings (SSSR count). The van der Waals surface area contributed by atoms with Gasteiger partial charge in [-0.3, -0.25) is 4.79 Å². The molecule has 0 atom stereocenters. The van der Waals surface area contributed by atoms with E-state index in [9.17, 15) is 4.79 Å². The van der Waals surface area contributed by atoms with Crippen LogP contribution in [-0.2, 0) is 4.79 Å². The molecule has 120 valence electrons. The average Bonchev–Trinajstić information content (AvgIpc) is 2.63. The SMILES string of the molecule is O=C(CCOc1ccccc1)N1CCN(c2ccccn2)CC1. The summed E-state index contributed by atoms with van der Waals surface area (Å²) in [5, 5.41) is 0. The number of hydrogen-bond acceptors (Lipinski definition) is 4. The van der Waals surface area contributed by atoms with Gasteiger partial charge in [-0.25, -0.2) is 4.98 Å². The highest BCUT2D eigenvalue weighted by atomic mass is 16.5. The molecule has 5 heteroatoms. The van der Waals surface area contributed by atoms with Gasteiger partial charge in [0.05, 0.1) is 13.0 Å². The van der Waals surface area contributed by atoms with Crippen LogP contribution in [0.15, 0.2) is 54.7 Å². The number of hydrogen-bond donors (Lipinski definition) is 0. The molecule has 0 N–H and O–H groups in total. The Morgan fingerprint density at radius 3 is 2.43 bits per heavy atom. The third kappa shape index (κ3) is 4.22. The maximum absolute atomic E-state index is 12.2. The molecule has 2 aromatic rings. The predicted molar refractivity (Wildman–Crippen MR) is 89.6 cm³/mol. The molecule has 0 aliphatic carbocycles. The Morgan fingerprint density at radius 2 is 1.74 bits per heavy atom. The van der Waals surface area contributed by atoms with Gasteiger partial charge in [-0.05, 0) is 24.3 Å². The van der Waals surface area contributed by atoms with E-state index in [0.717, 1.165) is 37.7 Å². The molecule has 1 fully saturated rings. The molecule has 2 heterocycles. The number of ether oxygens (including phenoxy) is 1. The Labute approximate surface area is 136 Å². The van der Waals surface area contributed by atoms with Gasteiger partial charge in [-0.2, -0.15) is 0 Å². The first-order valence-electron chi connectivity index (χ1n) is 7.94. The number of aromatic nitrogens is 1. The molecule has 0 unspecified atom stereocenters. The second-order valence-corrected chi connectivity index (χ2v) is 5.47. The van der Waals surface area contributed by atoms with E-state index in [1.807, 2.05) is 53.4 Å². The maximum Gasteiger partial charge on any atom is 0.226 e. The van der Waals surface area contributed by atoms with Gasteiger partial charge in [0.1, 0.15) is 11.6 Å². The third-order valence-corrected chi connectivity index (χ3v) is 3.93. The number of carbonyl (C=O) groups excluding carboxylic acids is 1. The van der Waals surface area contributed by atoms with Crippen LogP contribution in [0.4, 0.5) is 5.82 Å². The molecule has 23 heavy (non-hydrogen) atoms. The quantitative estimate of drug-likeness (QED) is 0.849. The molecule has 0 radical (unpaired) electrons. The standard InChI is InChI=1S/C18H21N3O2/c22-18(9-15-23-16-6-2-1-3-7-16)21-13-11-20(12-14-21)17-8-4-5-10-19-17/h1-8,10H,9,11-15H2. The van der Waals surface area contributed by atoms with Gasteiger partial charge in [-0.15, -0.1) is 0 Å². The Kier molecular flexibility index (Phi) is 5.09. The lowest BCUT2D eigenvalue weighted by Gasteiger charge is -2.35. The van der Waals surface area contributed by atoms with Crippen LogP contribution in [0.3, 0.4) is 0 Å². The highest BCUT2D eigenvalue weighted by Gasteiger charge is 2.21. The average molecular weight is 311 g/mol. The number of carbonyl (C=O) groups is 1. The monoisotopic (exact) mass is 311 g/mol. The number of amides is 1. The van der Waals surface area contributed by atoms with Crippen molar-refractivity contribution in [3.8, 4) is 5.75 Å². The zero-order valence-electron chi connectivity index (χ0n) is 13.1. The lowest BCUT2D eigenvalue weighted by atomic mass is 10.2. The van der Waals surface area contributed by atoms with Crippen molar-refractivity contribution in [1.82, 2.24) is 9.88 Å². The summed E-state index contributed by atoms with van der Waals surface area (Å²) < 4.78 is 5.59. The Balaban J connectivity index is 1.41. The summed E-state index contributed by atoms with van der Waals surface area (Å²) in [5.74, 6) is 1.94. The van der Waals surface area contributed by atoms with Crippen molar-refractivity contribution in [3.63, 3.8) is 0 Å².